The van der Waals surface area contributed by atoms with Gasteiger partial charge >= 0.3 is 0 Å². The second kappa shape index (κ2) is 7.25. The Bertz CT molecular complexity index is 627. The normalized spacial score (nSPS) is 10.6. The Kier molecular flexibility index (Phi) is 5.36. The van der Waals surface area contributed by atoms with Crippen molar-refractivity contribution in [1.29, 1.82) is 0 Å². The van der Waals surface area contributed by atoms with Crippen LogP contribution in [0.5, 0.6) is 0 Å². The summed E-state index contributed by atoms with van der Waals surface area (Å²) in [5.74, 6) is 1.53. The second-order valence-corrected chi connectivity index (χ2v) is 5.90. The Labute approximate surface area is 133 Å². The molecule has 118 valence electrons. The predicted molar refractivity (Wildman–Crippen MR) is 94.1 cm³/mol. The Morgan fingerprint density at radius 3 is 2.27 bits per heavy atom. The van der Waals surface area contributed by atoms with Gasteiger partial charge in [-0.25, -0.2) is 4.98 Å². The fourth-order valence-electron chi connectivity index (χ4n) is 2.59. The van der Waals surface area contributed by atoms with E-state index in [0.29, 0.717) is 5.95 Å². The SMILES string of the molecule is CCCCNc1nc(C)cc(Nc2c(C)cc(C)cc2C)n1. The van der Waals surface area contributed by atoms with Crippen LogP contribution in [0.3, 0.4) is 0 Å². The molecule has 0 saturated heterocycles. The monoisotopic (exact) mass is 298 g/mol. The largest absolute Gasteiger partial charge is 0.354 e. The number of anilines is 3. The average molecular weight is 298 g/mol. The molecule has 1 aromatic heterocycles. The minimum absolute atomic E-state index is 0.693. The highest BCUT2D eigenvalue weighted by Gasteiger charge is 2.07. The molecule has 22 heavy (non-hydrogen) atoms. The number of hydrogen-bond acceptors (Lipinski definition) is 4. The average Bonchev–Trinajstić information content (AvgIpc) is 2.42. The van der Waals surface area contributed by atoms with Crippen LogP contribution in [0.15, 0.2) is 18.2 Å². The molecule has 1 aromatic carbocycles. The molecule has 0 aliphatic rings. The van der Waals surface area contributed by atoms with E-state index in [1.807, 2.05) is 13.0 Å². The fraction of sp³-hybridized carbons (Fsp3) is 0.444. The lowest BCUT2D eigenvalue weighted by atomic mass is 10.1. The molecule has 0 unspecified atom stereocenters. The highest BCUT2D eigenvalue weighted by Crippen LogP contribution is 2.25. The number of unbranched alkanes of at least 4 members (excludes halogenated alkanes) is 1. The standard InChI is InChI=1S/C18H26N4/c1-6-7-8-19-18-20-15(5)11-16(22-18)21-17-13(3)9-12(2)10-14(17)4/h9-11H,6-8H2,1-5H3,(H2,19,20,21,22). The Balaban J connectivity index is 2.22. The minimum atomic E-state index is 0.693. The van der Waals surface area contributed by atoms with Gasteiger partial charge in [0.1, 0.15) is 5.82 Å². The van der Waals surface area contributed by atoms with E-state index in [2.05, 4.69) is 60.4 Å². The van der Waals surface area contributed by atoms with Crippen LogP contribution < -0.4 is 10.6 Å². The lowest BCUT2D eigenvalue weighted by molar-refractivity contribution is 0.825. The van der Waals surface area contributed by atoms with Crippen LogP contribution in [0, 0.1) is 27.7 Å². The molecule has 2 N–H and O–H groups in total. The summed E-state index contributed by atoms with van der Waals surface area (Å²) in [4.78, 5) is 9.02. The van der Waals surface area contributed by atoms with Gasteiger partial charge in [0, 0.05) is 24.0 Å². The maximum atomic E-state index is 4.57. The number of benzene rings is 1. The first kappa shape index (κ1) is 16.3. The lowest BCUT2D eigenvalue weighted by Crippen LogP contribution is -2.08. The van der Waals surface area contributed by atoms with Crippen LogP contribution in [0.25, 0.3) is 0 Å². The molecule has 0 bridgehead atoms. The molecule has 0 aliphatic carbocycles. The van der Waals surface area contributed by atoms with E-state index < -0.39 is 0 Å². The van der Waals surface area contributed by atoms with Crippen molar-refractivity contribution in [2.45, 2.75) is 47.5 Å². The summed E-state index contributed by atoms with van der Waals surface area (Å²) in [5.41, 5.74) is 5.83. The summed E-state index contributed by atoms with van der Waals surface area (Å²) in [5, 5.41) is 6.74. The van der Waals surface area contributed by atoms with Crippen molar-refractivity contribution in [3.8, 4) is 0 Å². The van der Waals surface area contributed by atoms with Crippen LogP contribution in [0.2, 0.25) is 0 Å². The van der Waals surface area contributed by atoms with Gasteiger partial charge in [0.15, 0.2) is 0 Å². The van der Waals surface area contributed by atoms with Crippen LogP contribution >= 0.6 is 0 Å². The molecular weight excluding hydrogens is 272 g/mol. The molecule has 0 atom stereocenters. The first-order valence-electron chi connectivity index (χ1n) is 7.94. The molecule has 1 heterocycles. The van der Waals surface area contributed by atoms with Gasteiger partial charge in [-0.2, -0.15) is 4.98 Å². The molecule has 0 saturated carbocycles. The topological polar surface area (TPSA) is 49.8 Å². The number of aryl methyl sites for hydroxylation is 4. The Morgan fingerprint density at radius 1 is 0.955 bits per heavy atom. The maximum Gasteiger partial charge on any atom is 0.224 e. The summed E-state index contributed by atoms with van der Waals surface area (Å²) in [7, 11) is 0. The summed E-state index contributed by atoms with van der Waals surface area (Å²) in [6, 6.07) is 6.34. The smallest absolute Gasteiger partial charge is 0.224 e. The molecule has 0 radical (unpaired) electrons. The molecule has 0 aliphatic heterocycles. The molecular formula is C18H26N4. The second-order valence-electron chi connectivity index (χ2n) is 5.90. The number of nitrogens with zero attached hydrogens (tertiary/aromatic N) is 2. The fourth-order valence-corrected chi connectivity index (χ4v) is 2.59. The first-order chi connectivity index (χ1) is 10.5. The molecule has 4 heteroatoms. The molecule has 4 nitrogen and oxygen atoms in total. The van der Waals surface area contributed by atoms with Crippen LogP contribution in [0.4, 0.5) is 17.5 Å². The van der Waals surface area contributed by atoms with Gasteiger partial charge in [0.2, 0.25) is 5.95 Å². The van der Waals surface area contributed by atoms with Gasteiger partial charge in [-0.05, 0) is 45.2 Å². The van der Waals surface area contributed by atoms with E-state index in [9.17, 15) is 0 Å². The number of rotatable bonds is 6. The van der Waals surface area contributed by atoms with Gasteiger partial charge in [0.25, 0.3) is 0 Å². The third kappa shape index (κ3) is 4.20. The van der Waals surface area contributed by atoms with Crippen molar-refractivity contribution in [2.24, 2.45) is 0 Å². The summed E-state index contributed by atoms with van der Waals surface area (Å²) < 4.78 is 0. The van der Waals surface area contributed by atoms with Gasteiger partial charge in [-0.15, -0.1) is 0 Å². The van der Waals surface area contributed by atoms with Crippen molar-refractivity contribution in [3.63, 3.8) is 0 Å². The molecule has 0 fully saturated rings. The maximum absolute atomic E-state index is 4.57. The lowest BCUT2D eigenvalue weighted by Gasteiger charge is -2.14. The van der Waals surface area contributed by atoms with Gasteiger partial charge < -0.3 is 10.6 Å². The van der Waals surface area contributed by atoms with Crippen molar-refractivity contribution in [2.75, 3.05) is 17.2 Å². The predicted octanol–water partition coefficient (Wildman–Crippen LogP) is 4.67. The summed E-state index contributed by atoms with van der Waals surface area (Å²) in [6.07, 6.45) is 2.28. The van der Waals surface area contributed by atoms with Crippen LogP contribution in [-0.4, -0.2) is 16.5 Å². The van der Waals surface area contributed by atoms with E-state index in [4.69, 9.17) is 0 Å². The number of hydrogen-bond donors (Lipinski definition) is 2. The zero-order valence-corrected chi connectivity index (χ0v) is 14.2. The van der Waals surface area contributed by atoms with Crippen molar-refractivity contribution in [1.82, 2.24) is 9.97 Å². The van der Waals surface area contributed by atoms with Crippen LogP contribution in [-0.2, 0) is 0 Å². The van der Waals surface area contributed by atoms with Crippen LogP contribution in [0.1, 0.15) is 42.1 Å². The van der Waals surface area contributed by atoms with Gasteiger partial charge in [0.05, 0.1) is 0 Å². The Morgan fingerprint density at radius 2 is 1.64 bits per heavy atom. The molecule has 0 spiro atoms. The van der Waals surface area contributed by atoms with E-state index in [-0.39, 0.29) is 0 Å². The molecule has 2 aromatic rings. The Hall–Kier alpha value is -2.10. The zero-order valence-electron chi connectivity index (χ0n) is 14.2. The summed E-state index contributed by atoms with van der Waals surface area (Å²) >= 11 is 0. The quantitative estimate of drug-likeness (QED) is 0.761. The summed E-state index contributed by atoms with van der Waals surface area (Å²) in [6.45, 7) is 11.4. The molecule has 2 rings (SSSR count). The number of aromatic nitrogens is 2. The highest BCUT2D eigenvalue weighted by atomic mass is 15.1. The van der Waals surface area contributed by atoms with E-state index in [1.54, 1.807) is 0 Å². The van der Waals surface area contributed by atoms with Gasteiger partial charge in [-0.3, -0.25) is 0 Å². The highest BCUT2D eigenvalue weighted by molar-refractivity contribution is 5.65. The number of nitrogens with one attached hydrogen (secondary N) is 2. The third-order valence-corrected chi connectivity index (χ3v) is 3.60. The van der Waals surface area contributed by atoms with Crippen molar-refractivity contribution < 1.29 is 0 Å². The van der Waals surface area contributed by atoms with Gasteiger partial charge in [-0.1, -0.05) is 31.0 Å². The first-order valence-corrected chi connectivity index (χ1v) is 7.94. The van der Waals surface area contributed by atoms with E-state index >= 15 is 0 Å². The zero-order chi connectivity index (χ0) is 16.1. The van der Waals surface area contributed by atoms with E-state index in [1.165, 1.54) is 16.7 Å². The molecule has 0 amide bonds. The van der Waals surface area contributed by atoms with Crippen molar-refractivity contribution >= 4 is 17.5 Å². The van der Waals surface area contributed by atoms with E-state index in [0.717, 1.165) is 36.6 Å². The van der Waals surface area contributed by atoms with Crippen molar-refractivity contribution in [3.05, 3.63) is 40.6 Å². The minimum Gasteiger partial charge on any atom is -0.354 e. The third-order valence-electron chi connectivity index (χ3n) is 3.60.